The SMILES string of the molecule is COc1ccc(Cl)cc1C(=O)NC[C@@H]([C@@H]1CCOC1)N1CCOCC1. The quantitative estimate of drug-likeness (QED) is 0.830. The van der Waals surface area contributed by atoms with Crippen LogP contribution in [-0.2, 0) is 9.47 Å². The summed E-state index contributed by atoms with van der Waals surface area (Å²) in [4.78, 5) is 15.1. The van der Waals surface area contributed by atoms with E-state index in [2.05, 4.69) is 10.2 Å². The van der Waals surface area contributed by atoms with Crippen LogP contribution in [0.5, 0.6) is 5.75 Å². The molecule has 2 saturated heterocycles. The number of hydrogen-bond acceptors (Lipinski definition) is 5. The minimum atomic E-state index is -0.170. The highest BCUT2D eigenvalue weighted by atomic mass is 35.5. The molecule has 2 aliphatic rings. The van der Waals surface area contributed by atoms with Gasteiger partial charge in [-0.1, -0.05) is 11.6 Å². The van der Waals surface area contributed by atoms with E-state index in [9.17, 15) is 4.79 Å². The second-order valence-corrected chi connectivity index (χ2v) is 6.83. The van der Waals surface area contributed by atoms with E-state index in [1.54, 1.807) is 25.3 Å². The molecule has 2 heterocycles. The van der Waals surface area contributed by atoms with Crippen LogP contribution in [0, 0.1) is 5.92 Å². The Kier molecular flexibility index (Phi) is 6.53. The molecule has 1 aromatic carbocycles. The molecule has 0 radical (unpaired) electrons. The van der Waals surface area contributed by atoms with Crippen LogP contribution in [0.4, 0.5) is 0 Å². The van der Waals surface area contributed by atoms with Gasteiger partial charge in [0.1, 0.15) is 5.75 Å². The minimum absolute atomic E-state index is 0.170. The largest absolute Gasteiger partial charge is 0.496 e. The summed E-state index contributed by atoms with van der Waals surface area (Å²) >= 11 is 6.03. The molecule has 1 amide bonds. The van der Waals surface area contributed by atoms with Gasteiger partial charge in [0, 0.05) is 43.2 Å². The molecule has 3 rings (SSSR count). The van der Waals surface area contributed by atoms with Gasteiger partial charge in [-0.2, -0.15) is 0 Å². The van der Waals surface area contributed by atoms with Crippen LogP contribution >= 0.6 is 11.6 Å². The molecule has 25 heavy (non-hydrogen) atoms. The molecular weight excluding hydrogens is 344 g/mol. The maximum absolute atomic E-state index is 12.7. The maximum atomic E-state index is 12.7. The van der Waals surface area contributed by atoms with Crippen LogP contribution in [0.25, 0.3) is 0 Å². The monoisotopic (exact) mass is 368 g/mol. The maximum Gasteiger partial charge on any atom is 0.255 e. The van der Waals surface area contributed by atoms with Crippen LogP contribution in [0.1, 0.15) is 16.8 Å². The summed E-state index contributed by atoms with van der Waals surface area (Å²) in [6.07, 6.45) is 1.03. The third-order valence-electron chi connectivity index (χ3n) is 4.90. The molecular formula is C18H25ClN2O4. The Balaban J connectivity index is 1.67. The molecule has 2 atom stereocenters. The van der Waals surface area contributed by atoms with E-state index in [1.807, 2.05) is 0 Å². The highest BCUT2D eigenvalue weighted by Gasteiger charge is 2.32. The van der Waals surface area contributed by atoms with E-state index in [1.165, 1.54) is 0 Å². The van der Waals surface area contributed by atoms with Gasteiger partial charge in [-0.3, -0.25) is 9.69 Å². The van der Waals surface area contributed by atoms with E-state index >= 15 is 0 Å². The highest BCUT2D eigenvalue weighted by Crippen LogP contribution is 2.24. The molecule has 6 nitrogen and oxygen atoms in total. The van der Waals surface area contributed by atoms with Crippen molar-refractivity contribution < 1.29 is 19.0 Å². The molecule has 7 heteroatoms. The molecule has 138 valence electrons. The third-order valence-corrected chi connectivity index (χ3v) is 5.14. The smallest absolute Gasteiger partial charge is 0.255 e. The fraction of sp³-hybridized carbons (Fsp3) is 0.611. The minimum Gasteiger partial charge on any atom is -0.496 e. The number of rotatable bonds is 6. The Morgan fingerprint density at radius 2 is 2.16 bits per heavy atom. The van der Waals surface area contributed by atoms with Gasteiger partial charge in [0.05, 0.1) is 32.5 Å². The van der Waals surface area contributed by atoms with Crippen molar-refractivity contribution in [3.63, 3.8) is 0 Å². The molecule has 2 fully saturated rings. The van der Waals surface area contributed by atoms with Gasteiger partial charge in [0.15, 0.2) is 0 Å². The first-order chi connectivity index (χ1) is 12.2. The third kappa shape index (κ3) is 4.64. The zero-order valence-corrected chi connectivity index (χ0v) is 15.3. The predicted octanol–water partition coefficient (Wildman–Crippen LogP) is 1.82. The summed E-state index contributed by atoms with van der Waals surface area (Å²) in [7, 11) is 1.55. The lowest BCUT2D eigenvalue weighted by Gasteiger charge is -2.37. The fourth-order valence-electron chi connectivity index (χ4n) is 3.51. The number of hydrogen-bond donors (Lipinski definition) is 1. The van der Waals surface area contributed by atoms with Crippen molar-refractivity contribution in [3.8, 4) is 5.75 Å². The van der Waals surface area contributed by atoms with Crippen molar-refractivity contribution in [2.24, 2.45) is 5.92 Å². The zero-order chi connectivity index (χ0) is 17.6. The van der Waals surface area contributed by atoms with Crippen molar-refractivity contribution in [2.45, 2.75) is 12.5 Å². The fourth-order valence-corrected chi connectivity index (χ4v) is 3.68. The summed E-state index contributed by atoms with van der Waals surface area (Å²) in [6.45, 7) is 5.36. The number of carbonyl (C=O) groups is 1. The summed E-state index contributed by atoms with van der Waals surface area (Å²) in [5.41, 5.74) is 0.457. The average Bonchev–Trinajstić information content (AvgIpc) is 3.17. The first kappa shape index (κ1) is 18.5. The number of benzene rings is 1. The van der Waals surface area contributed by atoms with Crippen molar-refractivity contribution in [2.75, 3.05) is 53.2 Å². The number of nitrogens with zero attached hydrogens (tertiary/aromatic N) is 1. The highest BCUT2D eigenvalue weighted by molar-refractivity contribution is 6.31. The summed E-state index contributed by atoms with van der Waals surface area (Å²) in [6, 6.07) is 5.31. The van der Waals surface area contributed by atoms with Gasteiger partial charge in [-0.25, -0.2) is 0 Å². The van der Waals surface area contributed by atoms with Crippen molar-refractivity contribution in [1.82, 2.24) is 10.2 Å². The number of morpholine rings is 1. The van der Waals surface area contributed by atoms with Gasteiger partial charge in [-0.15, -0.1) is 0 Å². The van der Waals surface area contributed by atoms with Crippen LogP contribution in [0.15, 0.2) is 18.2 Å². The standard InChI is InChI=1S/C18H25ClN2O4/c1-23-17-3-2-14(19)10-15(17)18(22)20-11-16(13-4-7-25-12-13)21-5-8-24-9-6-21/h2-3,10,13,16H,4-9,11-12H2,1H3,(H,20,22)/t13-,16+/m1/s1. The molecule has 1 aromatic rings. The van der Waals surface area contributed by atoms with Gasteiger partial charge in [-0.05, 0) is 24.6 Å². The first-order valence-corrected chi connectivity index (χ1v) is 9.08. The number of halogens is 1. The Morgan fingerprint density at radius 1 is 1.36 bits per heavy atom. The molecule has 0 aromatic heterocycles. The van der Waals surface area contributed by atoms with E-state index in [0.29, 0.717) is 28.8 Å². The lowest BCUT2D eigenvalue weighted by atomic mass is 9.96. The molecule has 0 bridgehead atoms. The van der Waals surface area contributed by atoms with E-state index in [4.69, 9.17) is 25.8 Å². The van der Waals surface area contributed by atoms with Crippen LogP contribution in [-0.4, -0.2) is 70.0 Å². The average molecular weight is 369 g/mol. The Morgan fingerprint density at radius 3 is 2.84 bits per heavy atom. The van der Waals surface area contributed by atoms with E-state index in [-0.39, 0.29) is 11.9 Å². The van der Waals surface area contributed by atoms with Gasteiger partial charge in [0.2, 0.25) is 0 Å². The van der Waals surface area contributed by atoms with Gasteiger partial charge in [0.25, 0.3) is 5.91 Å². The first-order valence-electron chi connectivity index (χ1n) is 8.70. The van der Waals surface area contributed by atoms with Crippen molar-refractivity contribution in [3.05, 3.63) is 28.8 Å². The second-order valence-electron chi connectivity index (χ2n) is 6.39. The number of ether oxygens (including phenoxy) is 3. The molecule has 0 unspecified atom stereocenters. The summed E-state index contributed by atoms with van der Waals surface area (Å²) in [5.74, 6) is 0.783. The number of carbonyl (C=O) groups excluding carboxylic acids is 1. The molecule has 0 aliphatic carbocycles. The molecule has 1 N–H and O–H groups in total. The lowest BCUT2D eigenvalue weighted by molar-refractivity contribution is 0.00166. The Labute approximate surface area is 153 Å². The van der Waals surface area contributed by atoms with Crippen LogP contribution in [0.3, 0.4) is 0 Å². The number of amides is 1. The normalized spacial score (nSPS) is 22.6. The molecule has 2 aliphatic heterocycles. The van der Waals surface area contributed by atoms with Crippen LogP contribution in [0.2, 0.25) is 5.02 Å². The van der Waals surface area contributed by atoms with E-state index in [0.717, 1.165) is 45.9 Å². The van der Waals surface area contributed by atoms with E-state index < -0.39 is 0 Å². The summed E-state index contributed by atoms with van der Waals surface area (Å²) in [5, 5.41) is 3.57. The Bertz CT molecular complexity index is 586. The van der Waals surface area contributed by atoms with Gasteiger partial charge < -0.3 is 19.5 Å². The number of nitrogens with one attached hydrogen (secondary N) is 1. The van der Waals surface area contributed by atoms with Gasteiger partial charge >= 0.3 is 0 Å². The second kappa shape index (κ2) is 8.85. The van der Waals surface area contributed by atoms with Crippen LogP contribution < -0.4 is 10.1 Å². The van der Waals surface area contributed by atoms with Crippen molar-refractivity contribution >= 4 is 17.5 Å². The summed E-state index contributed by atoms with van der Waals surface area (Å²) < 4.78 is 16.3. The lowest BCUT2D eigenvalue weighted by Crippen LogP contribution is -2.52. The number of methoxy groups -OCH3 is 1. The topological polar surface area (TPSA) is 60.0 Å². The molecule has 0 spiro atoms. The van der Waals surface area contributed by atoms with Crippen molar-refractivity contribution in [1.29, 1.82) is 0 Å². The zero-order valence-electron chi connectivity index (χ0n) is 14.5. The molecule has 0 saturated carbocycles. The predicted molar refractivity (Wildman–Crippen MR) is 95.4 cm³/mol. The Hall–Kier alpha value is -1.34.